The van der Waals surface area contributed by atoms with Crippen LogP contribution in [0.1, 0.15) is 0 Å². The number of pyridine rings is 1. The summed E-state index contributed by atoms with van der Waals surface area (Å²) >= 11 is 2.88. The van der Waals surface area contributed by atoms with Gasteiger partial charge in [-0.2, -0.15) is 0 Å². The third-order valence-electron chi connectivity index (χ3n) is 3.27. The van der Waals surface area contributed by atoms with Gasteiger partial charge in [-0.25, -0.2) is 15.0 Å². The lowest BCUT2D eigenvalue weighted by molar-refractivity contribution is -0.115. The molecule has 1 amide bonds. The lowest BCUT2D eigenvalue weighted by Crippen LogP contribution is -2.13. The molecule has 0 fully saturated rings. The molecule has 3 aromatic heterocycles. The van der Waals surface area contributed by atoms with Gasteiger partial charge in [-0.05, 0) is 12.1 Å². The molecule has 0 aliphatic heterocycles. The molecule has 0 aliphatic carbocycles. The zero-order valence-corrected chi connectivity index (χ0v) is 12.9. The fourth-order valence-corrected chi connectivity index (χ4v) is 4.26. The van der Waals surface area contributed by atoms with Crippen molar-refractivity contribution in [3.05, 3.63) is 36.7 Å². The maximum Gasteiger partial charge on any atom is 0.227 e. The second-order valence-electron chi connectivity index (χ2n) is 4.75. The highest BCUT2D eigenvalue weighted by Crippen LogP contribution is 2.37. The summed E-state index contributed by atoms with van der Waals surface area (Å²) in [7, 11) is 0. The summed E-state index contributed by atoms with van der Waals surface area (Å²) in [5.74, 6) is -0.155. The minimum Gasteiger partial charge on any atom is -0.369 e. The number of rotatable bonds is 3. The molecule has 0 spiro atoms. The minimum atomic E-state index is -0.360. The van der Waals surface area contributed by atoms with Crippen LogP contribution in [-0.2, 0) is 4.79 Å². The summed E-state index contributed by atoms with van der Waals surface area (Å²) in [5, 5.41) is 2.87. The number of carbonyl (C=O) groups excluding carboxylic acids is 1. The van der Waals surface area contributed by atoms with Gasteiger partial charge in [0.1, 0.15) is 16.2 Å². The Labute approximate surface area is 133 Å². The average Bonchev–Trinajstić information content (AvgIpc) is 2.88. The number of amides is 1. The Morgan fingerprint density at radius 1 is 1.27 bits per heavy atom. The third-order valence-corrected chi connectivity index (χ3v) is 5.50. The van der Waals surface area contributed by atoms with Gasteiger partial charge in [0.2, 0.25) is 5.91 Å². The molecule has 0 saturated heterocycles. The first-order valence-corrected chi connectivity index (χ1v) is 8.37. The summed E-state index contributed by atoms with van der Waals surface area (Å²) < 4.78 is 0.951. The number of hydrogen-bond donors (Lipinski definition) is 1. The van der Waals surface area contributed by atoms with Gasteiger partial charge in [-0.3, -0.25) is 4.79 Å². The molecule has 0 radical (unpaired) electrons. The summed E-state index contributed by atoms with van der Waals surface area (Å²) in [6.45, 7) is 0. The molecule has 108 valence electrons. The SMILES string of the molecule is NC(=O)CSc1ncnc2c1sc1nc3ccccc3cc12. The van der Waals surface area contributed by atoms with Crippen molar-refractivity contribution in [3.63, 3.8) is 0 Å². The number of primary amides is 1. The van der Waals surface area contributed by atoms with Crippen molar-refractivity contribution in [2.75, 3.05) is 5.75 Å². The Kier molecular flexibility index (Phi) is 3.16. The Bertz CT molecular complexity index is 1030. The van der Waals surface area contributed by atoms with Crippen LogP contribution in [0.2, 0.25) is 0 Å². The molecule has 0 bridgehead atoms. The molecule has 2 N–H and O–H groups in total. The van der Waals surface area contributed by atoms with E-state index >= 15 is 0 Å². The zero-order chi connectivity index (χ0) is 15.1. The number of para-hydroxylation sites is 1. The average molecular weight is 326 g/mol. The van der Waals surface area contributed by atoms with Crippen molar-refractivity contribution >= 4 is 60.3 Å². The Morgan fingerprint density at radius 2 is 2.14 bits per heavy atom. The van der Waals surface area contributed by atoms with E-state index in [4.69, 9.17) is 10.7 Å². The summed E-state index contributed by atoms with van der Waals surface area (Å²) in [6.07, 6.45) is 1.52. The number of thiophene rings is 1. The largest absolute Gasteiger partial charge is 0.369 e. The summed E-state index contributed by atoms with van der Waals surface area (Å²) in [5.41, 5.74) is 7.05. The van der Waals surface area contributed by atoms with Crippen LogP contribution in [0.5, 0.6) is 0 Å². The Morgan fingerprint density at radius 3 is 3.00 bits per heavy atom. The predicted molar refractivity (Wildman–Crippen MR) is 90.1 cm³/mol. The normalized spacial score (nSPS) is 11.5. The predicted octanol–water partition coefficient (Wildman–Crippen LogP) is 2.97. The van der Waals surface area contributed by atoms with E-state index in [1.165, 1.54) is 18.1 Å². The van der Waals surface area contributed by atoms with Gasteiger partial charge in [0.05, 0.1) is 21.5 Å². The van der Waals surface area contributed by atoms with Crippen LogP contribution in [0, 0.1) is 0 Å². The highest BCUT2D eigenvalue weighted by atomic mass is 32.2. The van der Waals surface area contributed by atoms with Crippen LogP contribution in [0.4, 0.5) is 0 Å². The van der Waals surface area contributed by atoms with Gasteiger partial charge in [-0.1, -0.05) is 30.0 Å². The third kappa shape index (κ3) is 2.18. The second-order valence-corrected chi connectivity index (χ2v) is 6.71. The fourth-order valence-electron chi connectivity index (χ4n) is 2.33. The number of nitrogens with two attached hydrogens (primary N) is 1. The second kappa shape index (κ2) is 5.19. The molecule has 4 aromatic rings. The lowest BCUT2D eigenvalue weighted by Gasteiger charge is -1.99. The van der Waals surface area contributed by atoms with Gasteiger partial charge in [0, 0.05) is 10.8 Å². The quantitative estimate of drug-likeness (QED) is 0.462. The first-order chi connectivity index (χ1) is 10.7. The molecule has 5 nitrogen and oxygen atoms in total. The van der Waals surface area contributed by atoms with Crippen LogP contribution in [0.3, 0.4) is 0 Å². The van der Waals surface area contributed by atoms with Gasteiger partial charge >= 0.3 is 0 Å². The lowest BCUT2D eigenvalue weighted by atomic mass is 10.2. The number of carbonyl (C=O) groups is 1. The molecule has 1 aromatic carbocycles. The van der Waals surface area contributed by atoms with E-state index in [1.54, 1.807) is 11.3 Å². The van der Waals surface area contributed by atoms with Crippen LogP contribution < -0.4 is 5.73 Å². The van der Waals surface area contributed by atoms with E-state index in [0.29, 0.717) is 0 Å². The van der Waals surface area contributed by atoms with Crippen molar-refractivity contribution in [1.29, 1.82) is 0 Å². The van der Waals surface area contributed by atoms with Crippen LogP contribution >= 0.6 is 23.1 Å². The van der Waals surface area contributed by atoms with Gasteiger partial charge < -0.3 is 5.73 Å². The number of benzene rings is 1. The van der Waals surface area contributed by atoms with Crippen molar-refractivity contribution in [3.8, 4) is 0 Å². The van der Waals surface area contributed by atoms with Crippen LogP contribution in [-0.4, -0.2) is 26.6 Å². The van der Waals surface area contributed by atoms with Crippen LogP contribution in [0.15, 0.2) is 41.7 Å². The molecule has 3 heterocycles. The number of hydrogen-bond acceptors (Lipinski definition) is 6. The smallest absolute Gasteiger partial charge is 0.227 e. The van der Waals surface area contributed by atoms with Crippen molar-refractivity contribution in [2.45, 2.75) is 5.03 Å². The topological polar surface area (TPSA) is 81.8 Å². The number of thioether (sulfide) groups is 1. The molecule has 7 heteroatoms. The standard InChI is InChI=1S/C15H10N4OS2/c16-11(20)6-21-15-13-12(17-7-18-15)9-5-8-3-1-2-4-10(8)19-14(9)22-13/h1-5,7H,6H2,(H2,16,20). The van der Waals surface area contributed by atoms with E-state index in [9.17, 15) is 4.79 Å². The molecule has 0 atom stereocenters. The molecular weight excluding hydrogens is 316 g/mol. The highest BCUT2D eigenvalue weighted by Gasteiger charge is 2.14. The minimum absolute atomic E-state index is 0.204. The molecule has 0 saturated carbocycles. The number of aromatic nitrogens is 3. The van der Waals surface area contributed by atoms with E-state index in [0.717, 1.165) is 36.4 Å². The van der Waals surface area contributed by atoms with Gasteiger partial charge in [0.15, 0.2) is 0 Å². The van der Waals surface area contributed by atoms with Crippen molar-refractivity contribution in [2.24, 2.45) is 5.73 Å². The van der Waals surface area contributed by atoms with Crippen molar-refractivity contribution in [1.82, 2.24) is 15.0 Å². The first-order valence-electron chi connectivity index (χ1n) is 6.56. The summed E-state index contributed by atoms with van der Waals surface area (Å²) in [6, 6.07) is 10.1. The Hall–Kier alpha value is -2.25. The maximum atomic E-state index is 11.0. The van der Waals surface area contributed by atoms with Gasteiger partial charge in [-0.15, -0.1) is 11.3 Å². The zero-order valence-electron chi connectivity index (χ0n) is 11.3. The van der Waals surface area contributed by atoms with Gasteiger partial charge in [0.25, 0.3) is 0 Å². The van der Waals surface area contributed by atoms with Crippen LogP contribution in [0.25, 0.3) is 31.3 Å². The van der Waals surface area contributed by atoms with E-state index < -0.39 is 0 Å². The maximum absolute atomic E-state index is 11.0. The van der Waals surface area contributed by atoms with E-state index in [1.807, 2.05) is 24.3 Å². The molecule has 22 heavy (non-hydrogen) atoms. The van der Waals surface area contributed by atoms with E-state index in [2.05, 4.69) is 16.0 Å². The molecule has 0 unspecified atom stereocenters. The monoisotopic (exact) mass is 326 g/mol. The van der Waals surface area contributed by atoms with E-state index in [-0.39, 0.29) is 11.7 Å². The summed E-state index contributed by atoms with van der Waals surface area (Å²) in [4.78, 5) is 25.3. The number of fused-ring (bicyclic) bond motifs is 4. The number of nitrogens with zero attached hydrogens (tertiary/aromatic N) is 3. The van der Waals surface area contributed by atoms with Crippen molar-refractivity contribution < 1.29 is 4.79 Å². The molecular formula is C15H10N4OS2. The molecule has 4 rings (SSSR count). The highest BCUT2D eigenvalue weighted by molar-refractivity contribution is 8.00. The fraction of sp³-hybridized carbons (Fsp3) is 0.0667. The Balaban J connectivity index is 1.98. The first kappa shape index (κ1) is 13.4. The molecule has 0 aliphatic rings.